The van der Waals surface area contributed by atoms with Gasteiger partial charge in [0.05, 0.1) is 19.0 Å². The second kappa shape index (κ2) is 9.01. The van der Waals surface area contributed by atoms with E-state index in [0.29, 0.717) is 28.6 Å². The van der Waals surface area contributed by atoms with Crippen molar-refractivity contribution in [3.05, 3.63) is 78.0 Å². The number of ether oxygens (including phenoxy) is 2. The lowest BCUT2D eigenvalue weighted by Gasteiger charge is -2.11. The van der Waals surface area contributed by atoms with Crippen LogP contribution in [0.5, 0.6) is 17.4 Å². The van der Waals surface area contributed by atoms with Crippen LogP contribution in [-0.2, 0) is 6.54 Å². The maximum atomic E-state index is 12.5. The molecule has 3 aromatic rings. The van der Waals surface area contributed by atoms with E-state index in [9.17, 15) is 4.79 Å². The van der Waals surface area contributed by atoms with Gasteiger partial charge in [0.2, 0.25) is 5.88 Å². The number of benzene rings is 2. The fourth-order valence-electron chi connectivity index (χ4n) is 2.71. The lowest BCUT2D eigenvalue weighted by atomic mass is 10.1. The van der Waals surface area contributed by atoms with Gasteiger partial charge in [0.1, 0.15) is 0 Å². The van der Waals surface area contributed by atoms with Crippen LogP contribution < -0.4 is 14.8 Å². The summed E-state index contributed by atoms with van der Waals surface area (Å²) in [6.45, 7) is 0.775. The number of anilines is 1. The van der Waals surface area contributed by atoms with Crippen LogP contribution in [0.15, 0.2) is 66.9 Å². The lowest BCUT2D eigenvalue weighted by molar-refractivity contribution is 0.102. The zero-order chi connectivity index (χ0) is 19.9. The average Bonchev–Trinajstić information content (AvgIpc) is 2.69. The predicted molar refractivity (Wildman–Crippen MR) is 109 cm³/mol. The van der Waals surface area contributed by atoms with E-state index >= 15 is 0 Å². The molecule has 0 aliphatic rings. The normalized spacial score (nSPS) is 10.6. The Balaban J connectivity index is 1.66. The number of carbonyl (C=O) groups excluding carboxylic acids is 1. The summed E-state index contributed by atoms with van der Waals surface area (Å²) in [5.74, 6) is 1.43. The molecule has 1 amide bonds. The van der Waals surface area contributed by atoms with Gasteiger partial charge in [-0.05, 0) is 50.0 Å². The monoisotopic (exact) mass is 377 g/mol. The van der Waals surface area contributed by atoms with E-state index in [1.807, 2.05) is 50.5 Å². The van der Waals surface area contributed by atoms with E-state index < -0.39 is 0 Å². The zero-order valence-corrected chi connectivity index (χ0v) is 16.2. The van der Waals surface area contributed by atoms with Crippen LogP contribution in [0.4, 0.5) is 5.69 Å². The summed E-state index contributed by atoms with van der Waals surface area (Å²) >= 11 is 0. The van der Waals surface area contributed by atoms with Gasteiger partial charge in [-0.2, -0.15) is 0 Å². The van der Waals surface area contributed by atoms with Crippen molar-refractivity contribution in [2.75, 3.05) is 26.5 Å². The van der Waals surface area contributed by atoms with E-state index in [1.165, 1.54) is 0 Å². The maximum Gasteiger partial charge on any atom is 0.255 e. The Morgan fingerprint density at radius 3 is 2.50 bits per heavy atom. The minimum Gasteiger partial charge on any atom is -0.493 e. The Morgan fingerprint density at radius 2 is 1.82 bits per heavy atom. The summed E-state index contributed by atoms with van der Waals surface area (Å²) in [5, 5.41) is 2.86. The van der Waals surface area contributed by atoms with Crippen LogP contribution in [0.1, 0.15) is 15.9 Å². The molecule has 28 heavy (non-hydrogen) atoms. The van der Waals surface area contributed by atoms with Gasteiger partial charge in [0.25, 0.3) is 5.91 Å². The molecule has 0 fully saturated rings. The van der Waals surface area contributed by atoms with Gasteiger partial charge in [-0.25, -0.2) is 4.98 Å². The first-order valence-corrected chi connectivity index (χ1v) is 8.87. The second-order valence-corrected chi connectivity index (χ2v) is 6.53. The SMILES string of the molecule is COc1ccccc1Oc1ccc(NC(=O)c2cccc(CN(C)C)c2)cn1. The van der Waals surface area contributed by atoms with Crippen molar-refractivity contribution >= 4 is 11.6 Å². The Hall–Kier alpha value is -3.38. The first-order valence-electron chi connectivity index (χ1n) is 8.87. The fraction of sp³-hybridized carbons (Fsp3) is 0.182. The Bertz CT molecular complexity index is 940. The van der Waals surface area contributed by atoms with E-state index in [2.05, 4.69) is 15.2 Å². The van der Waals surface area contributed by atoms with Crippen LogP contribution in [-0.4, -0.2) is 37.0 Å². The minimum atomic E-state index is -0.180. The molecule has 2 aromatic carbocycles. The maximum absolute atomic E-state index is 12.5. The van der Waals surface area contributed by atoms with Crippen LogP contribution in [0.25, 0.3) is 0 Å². The number of amides is 1. The van der Waals surface area contributed by atoms with Crippen molar-refractivity contribution < 1.29 is 14.3 Å². The number of pyridine rings is 1. The number of aromatic nitrogens is 1. The van der Waals surface area contributed by atoms with Crippen LogP contribution >= 0.6 is 0 Å². The molecule has 0 saturated heterocycles. The van der Waals surface area contributed by atoms with E-state index in [4.69, 9.17) is 9.47 Å². The number of para-hydroxylation sites is 2. The zero-order valence-electron chi connectivity index (χ0n) is 16.2. The Morgan fingerprint density at radius 1 is 1.04 bits per heavy atom. The van der Waals surface area contributed by atoms with Crippen molar-refractivity contribution in [1.82, 2.24) is 9.88 Å². The summed E-state index contributed by atoms with van der Waals surface area (Å²) in [6, 6.07) is 18.4. The topological polar surface area (TPSA) is 63.7 Å². The van der Waals surface area contributed by atoms with Gasteiger partial charge in [0.15, 0.2) is 11.5 Å². The van der Waals surface area contributed by atoms with Crippen molar-refractivity contribution in [2.24, 2.45) is 0 Å². The number of nitrogens with one attached hydrogen (secondary N) is 1. The van der Waals surface area contributed by atoms with Gasteiger partial charge in [-0.3, -0.25) is 4.79 Å². The number of hydrogen-bond acceptors (Lipinski definition) is 5. The molecule has 0 unspecified atom stereocenters. The Labute approximate surface area is 164 Å². The van der Waals surface area contributed by atoms with Crippen molar-refractivity contribution in [2.45, 2.75) is 6.54 Å². The first-order chi connectivity index (χ1) is 13.5. The molecule has 3 rings (SSSR count). The van der Waals surface area contributed by atoms with Crippen molar-refractivity contribution in [3.63, 3.8) is 0 Å². The van der Waals surface area contributed by atoms with Crippen LogP contribution in [0.3, 0.4) is 0 Å². The number of carbonyl (C=O) groups is 1. The quantitative estimate of drug-likeness (QED) is 0.669. The third-order valence-electron chi connectivity index (χ3n) is 3.97. The average molecular weight is 377 g/mol. The molecule has 1 aromatic heterocycles. The molecule has 0 bridgehead atoms. The predicted octanol–water partition coefficient (Wildman–Crippen LogP) is 4.20. The van der Waals surface area contributed by atoms with Gasteiger partial charge in [0, 0.05) is 18.2 Å². The van der Waals surface area contributed by atoms with Gasteiger partial charge >= 0.3 is 0 Å². The number of nitrogens with zero attached hydrogens (tertiary/aromatic N) is 2. The summed E-state index contributed by atoms with van der Waals surface area (Å²) < 4.78 is 11.0. The summed E-state index contributed by atoms with van der Waals surface area (Å²) in [4.78, 5) is 18.8. The van der Waals surface area contributed by atoms with E-state index in [1.54, 1.807) is 37.6 Å². The number of rotatable bonds is 7. The van der Waals surface area contributed by atoms with Gasteiger partial charge < -0.3 is 19.7 Å². The van der Waals surface area contributed by atoms with Gasteiger partial charge in [-0.15, -0.1) is 0 Å². The first kappa shape index (κ1) is 19.4. The van der Waals surface area contributed by atoms with Crippen molar-refractivity contribution in [3.8, 4) is 17.4 Å². The highest BCUT2D eigenvalue weighted by Gasteiger charge is 2.09. The van der Waals surface area contributed by atoms with Crippen molar-refractivity contribution in [1.29, 1.82) is 0 Å². The largest absolute Gasteiger partial charge is 0.493 e. The molecule has 1 heterocycles. The summed E-state index contributed by atoms with van der Waals surface area (Å²) in [6.07, 6.45) is 1.56. The summed E-state index contributed by atoms with van der Waals surface area (Å²) in [7, 11) is 5.57. The molecular weight excluding hydrogens is 354 g/mol. The van der Waals surface area contributed by atoms with Crippen LogP contribution in [0.2, 0.25) is 0 Å². The third kappa shape index (κ3) is 5.08. The molecule has 0 aliphatic carbocycles. The standard InChI is InChI=1S/C22H23N3O3/c1-25(2)15-16-7-6-8-17(13-16)22(26)24-18-11-12-21(23-14-18)28-20-10-5-4-9-19(20)27-3/h4-14H,15H2,1-3H3,(H,24,26). The highest BCUT2D eigenvalue weighted by molar-refractivity contribution is 6.04. The molecule has 6 nitrogen and oxygen atoms in total. The van der Waals surface area contributed by atoms with E-state index in [0.717, 1.165) is 12.1 Å². The molecule has 0 radical (unpaired) electrons. The lowest BCUT2D eigenvalue weighted by Crippen LogP contribution is -2.14. The molecule has 6 heteroatoms. The second-order valence-electron chi connectivity index (χ2n) is 6.53. The molecule has 1 N–H and O–H groups in total. The highest BCUT2D eigenvalue weighted by atomic mass is 16.5. The molecular formula is C22H23N3O3. The van der Waals surface area contributed by atoms with Gasteiger partial charge in [-0.1, -0.05) is 24.3 Å². The molecule has 144 valence electrons. The minimum absolute atomic E-state index is 0.180. The van der Waals surface area contributed by atoms with Crippen LogP contribution in [0, 0.1) is 0 Å². The third-order valence-corrected chi connectivity index (χ3v) is 3.97. The molecule has 0 spiro atoms. The highest BCUT2D eigenvalue weighted by Crippen LogP contribution is 2.30. The smallest absolute Gasteiger partial charge is 0.255 e. The molecule has 0 atom stereocenters. The molecule has 0 aliphatic heterocycles. The number of hydrogen-bond donors (Lipinski definition) is 1. The van der Waals surface area contributed by atoms with E-state index in [-0.39, 0.29) is 5.91 Å². The molecule has 0 saturated carbocycles. The number of methoxy groups -OCH3 is 1. The Kier molecular flexibility index (Phi) is 6.24. The fourth-order valence-corrected chi connectivity index (χ4v) is 2.71. The summed E-state index contributed by atoms with van der Waals surface area (Å²) in [5.41, 5.74) is 2.28.